The molecule has 1 amide bonds. The van der Waals surface area contributed by atoms with Crippen molar-refractivity contribution in [3.8, 4) is 21.9 Å². The zero-order valence-electron chi connectivity index (χ0n) is 12.5. The molecular formula is C16H15NO5S. The van der Waals surface area contributed by atoms with E-state index < -0.39 is 5.97 Å². The number of benzene rings is 1. The molecule has 0 fully saturated rings. The number of rotatable bonds is 4. The maximum Gasteiger partial charge on any atom is 0.348 e. The molecular weight excluding hydrogens is 318 g/mol. The Kier molecular flexibility index (Phi) is 4.47. The molecule has 0 radical (unpaired) electrons. The van der Waals surface area contributed by atoms with Crippen LogP contribution in [0, 0.1) is 0 Å². The van der Waals surface area contributed by atoms with Gasteiger partial charge in [0, 0.05) is 11.9 Å². The van der Waals surface area contributed by atoms with Crippen LogP contribution < -0.4 is 14.8 Å². The van der Waals surface area contributed by atoms with Crippen molar-refractivity contribution >= 4 is 23.2 Å². The third-order valence-corrected chi connectivity index (χ3v) is 4.36. The van der Waals surface area contributed by atoms with Crippen molar-refractivity contribution in [2.24, 2.45) is 0 Å². The number of carbonyl (C=O) groups excluding carboxylic acids is 2. The highest BCUT2D eigenvalue weighted by atomic mass is 32.1. The third-order valence-electron chi connectivity index (χ3n) is 3.25. The van der Waals surface area contributed by atoms with Crippen molar-refractivity contribution < 1.29 is 23.8 Å². The lowest BCUT2D eigenvalue weighted by Crippen LogP contribution is -2.24. The Bertz CT molecular complexity index is 740. The summed E-state index contributed by atoms with van der Waals surface area (Å²) in [5.74, 6) is 0.567. The number of hydrogen-bond donors (Lipinski definition) is 1. The van der Waals surface area contributed by atoms with Crippen molar-refractivity contribution in [2.75, 3.05) is 26.9 Å². The molecule has 0 saturated carbocycles. The van der Waals surface area contributed by atoms with Crippen molar-refractivity contribution in [1.82, 2.24) is 5.32 Å². The fraction of sp³-hybridized carbons (Fsp3) is 0.250. The standard InChI is InChI=1S/C16H15NO5S/c1-17-15(18)9-22-16(19)14-5-4-13(23-14)10-2-3-11-12(8-10)21-7-6-20-11/h2-5,8H,6-7,9H2,1H3,(H,17,18). The Hall–Kier alpha value is -2.54. The first kappa shape index (κ1) is 15.4. The first-order chi connectivity index (χ1) is 11.2. The molecule has 1 N–H and O–H groups in total. The molecule has 2 aromatic rings. The lowest BCUT2D eigenvalue weighted by Gasteiger charge is -2.18. The van der Waals surface area contributed by atoms with Gasteiger partial charge in [-0.05, 0) is 35.9 Å². The average molecular weight is 333 g/mol. The van der Waals surface area contributed by atoms with E-state index >= 15 is 0 Å². The van der Waals surface area contributed by atoms with Gasteiger partial charge in [0.25, 0.3) is 5.91 Å². The molecule has 6 nitrogen and oxygen atoms in total. The predicted octanol–water partition coefficient (Wildman–Crippen LogP) is 2.09. The van der Waals surface area contributed by atoms with Gasteiger partial charge in [0.2, 0.25) is 0 Å². The quantitative estimate of drug-likeness (QED) is 0.867. The minimum absolute atomic E-state index is 0.285. The summed E-state index contributed by atoms with van der Waals surface area (Å²) in [5, 5.41) is 2.39. The van der Waals surface area contributed by atoms with Crippen LogP contribution in [0.2, 0.25) is 0 Å². The van der Waals surface area contributed by atoms with Crippen molar-refractivity contribution in [1.29, 1.82) is 0 Å². The van der Waals surface area contributed by atoms with Crippen LogP contribution in [0.3, 0.4) is 0 Å². The molecule has 23 heavy (non-hydrogen) atoms. The maximum absolute atomic E-state index is 11.9. The van der Waals surface area contributed by atoms with E-state index in [4.69, 9.17) is 14.2 Å². The van der Waals surface area contributed by atoms with E-state index in [0.29, 0.717) is 23.8 Å². The average Bonchev–Trinajstić information content (AvgIpc) is 3.09. The minimum atomic E-state index is -0.512. The number of esters is 1. The smallest absolute Gasteiger partial charge is 0.348 e. The number of ether oxygens (including phenoxy) is 3. The van der Waals surface area contributed by atoms with Crippen molar-refractivity contribution in [2.45, 2.75) is 0 Å². The number of nitrogens with one attached hydrogen (secondary N) is 1. The molecule has 1 aliphatic rings. The highest BCUT2D eigenvalue weighted by molar-refractivity contribution is 7.17. The molecule has 7 heteroatoms. The van der Waals surface area contributed by atoms with Gasteiger partial charge in [0.1, 0.15) is 18.1 Å². The number of thiophene rings is 1. The monoisotopic (exact) mass is 333 g/mol. The van der Waals surface area contributed by atoms with E-state index in [9.17, 15) is 9.59 Å². The van der Waals surface area contributed by atoms with Crippen LogP contribution in [0.15, 0.2) is 30.3 Å². The molecule has 0 saturated heterocycles. The Balaban J connectivity index is 1.74. The third kappa shape index (κ3) is 3.45. The molecule has 0 spiro atoms. The second kappa shape index (κ2) is 6.70. The molecule has 0 unspecified atom stereocenters. The van der Waals surface area contributed by atoms with Crippen LogP contribution in [0.5, 0.6) is 11.5 Å². The Morgan fingerprint density at radius 2 is 1.96 bits per heavy atom. The van der Waals surface area contributed by atoms with Crippen LogP contribution in [0.1, 0.15) is 9.67 Å². The Morgan fingerprint density at radius 1 is 1.17 bits per heavy atom. The van der Waals surface area contributed by atoms with E-state index in [1.165, 1.54) is 18.4 Å². The fourth-order valence-electron chi connectivity index (χ4n) is 2.07. The lowest BCUT2D eigenvalue weighted by atomic mass is 10.1. The number of likely N-dealkylation sites (N-methyl/N-ethyl adjacent to an activating group) is 1. The largest absolute Gasteiger partial charge is 0.486 e. The summed E-state index contributed by atoms with van der Waals surface area (Å²) in [6, 6.07) is 9.18. The molecule has 3 rings (SSSR count). The lowest BCUT2D eigenvalue weighted by molar-refractivity contribution is -0.123. The molecule has 0 aliphatic carbocycles. The van der Waals surface area contributed by atoms with Gasteiger partial charge in [0.15, 0.2) is 18.1 Å². The number of carbonyl (C=O) groups is 2. The van der Waals surface area contributed by atoms with Gasteiger partial charge < -0.3 is 19.5 Å². The predicted molar refractivity (Wildman–Crippen MR) is 85.1 cm³/mol. The number of hydrogen-bond acceptors (Lipinski definition) is 6. The van der Waals surface area contributed by atoms with Gasteiger partial charge in [-0.25, -0.2) is 4.79 Å². The Morgan fingerprint density at radius 3 is 2.74 bits per heavy atom. The summed E-state index contributed by atoms with van der Waals surface area (Å²) < 4.78 is 16.0. The van der Waals surface area contributed by atoms with Crippen LogP contribution in [0.25, 0.3) is 10.4 Å². The second-order valence-corrected chi connectivity index (χ2v) is 5.86. The van der Waals surface area contributed by atoms with Crippen LogP contribution in [-0.2, 0) is 9.53 Å². The summed E-state index contributed by atoms with van der Waals surface area (Å²) in [6.45, 7) is 0.789. The van der Waals surface area contributed by atoms with Gasteiger partial charge in [-0.1, -0.05) is 0 Å². The minimum Gasteiger partial charge on any atom is -0.486 e. The van der Waals surface area contributed by atoms with Gasteiger partial charge in [0.05, 0.1) is 0 Å². The fourth-order valence-corrected chi connectivity index (χ4v) is 2.97. The van der Waals surface area contributed by atoms with E-state index in [1.54, 1.807) is 6.07 Å². The SMILES string of the molecule is CNC(=O)COC(=O)c1ccc(-c2ccc3c(c2)OCCO3)s1. The van der Waals surface area contributed by atoms with Gasteiger partial charge in [-0.3, -0.25) is 4.79 Å². The first-order valence-electron chi connectivity index (χ1n) is 7.05. The van der Waals surface area contributed by atoms with Gasteiger partial charge in [-0.15, -0.1) is 11.3 Å². The van der Waals surface area contributed by atoms with Gasteiger partial charge in [-0.2, -0.15) is 0 Å². The highest BCUT2D eigenvalue weighted by Gasteiger charge is 2.16. The highest BCUT2D eigenvalue weighted by Crippen LogP contribution is 2.36. The van der Waals surface area contributed by atoms with E-state index in [0.717, 1.165) is 16.2 Å². The van der Waals surface area contributed by atoms with Crippen LogP contribution in [0.4, 0.5) is 0 Å². The number of fused-ring (bicyclic) bond motifs is 1. The molecule has 0 bridgehead atoms. The van der Waals surface area contributed by atoms with E-state index in [-0.39, 0.29) is 12.5 Å². The molecule has 120 valence electrons. The van der Waals surface area contributed by atoms with Crippen LogP contribution in [-0.4, -0.2) is 38.7 Å². The van der Waals surface area contributed by atoms with E-state index in [2.05, 4.69) is 5.32 Å². The van der Waals surface area contributed by atoms with Crippen molar-refractivity contribution in [3.05, 3.63) is 35.2 Å². The topological polar surface area (TPSA) is 73.9 Å². The molecule has 0 atom stereocenters. The molecule has 1 aromatic heterocycles. The number of amides is 1. The maximum atomic E-state index is 11.9. The van der Waals surface area contributed by atoms with Gasteiger partial charge >= 0.3 is 5.97 Å². The van der Waals surface area contributed by atoms with E-state index in [1.807, 2.05) is 24.3 Å². The molecule has 1 aromatic carbocycles. The molecule has 1 aliphatic heterocycles. The molecule has 2 heterocycles. The summed E-state index contributed by atoms with van der Waals surface area (Å²) >= 11 is 1.30. The Labute approximate surface area is 137 Å². The van der Waals surface area contributed by atoms with Crippen molar-refractivity contribution in [3.63, 3.8) is 0 Å². The summed E-state index contributed by atoms with van der Waals surface area (Å²) in [5.41, 5.74) is 0.935. The second-order valence-electron chi connectivity index (χ2n) is 4.77. The summed E-state index contributed by atoms with van der Waals surface area (Å²) in [4.78, 5) is 24.4. The summed E-state index contributed by atoms with van der Waals surface area (Å²) in [6.07, 6.45) is 0. The summed E-state index contributed by atoms with van der Waals surface area (Å²) in [7, 11) is 1.49. The van der Waals surface area contributed by atoms with Crippen LogP contribution >= 0.6 is 11.3 Å². The zero-order chi connectivity index (χ0) is 16.2. The first-order valence-corrected chi connectivity index (χ1v) is 7.86. The zero-order valence-corrected chi connectivity index (χ0v) is 13.3. The normalized spacial score (nSPS) is 12.6.